The van der Waals surface area contributed by atoms with Gasteiger partial charge in [-0.25, -0.2) is 0 Å². The number of esters is 1. The first-order chi connectivity index (χ1) is 14.2. The van der Waals surface area contributed by atoms with E-state index in [1.807, 2.05) is 79.7 Å². The minimum absolute atomic E-state index is 0.298. The number of benzene rings is 3. The highest BCUT2D eigenvalue weighted by Crippen LogP contribution is 2.68. The molecule has 1 fully saturated rings. The lowest BCUT2D eigenvalue weighted by molar-refractivity contribution is -0.152. The lowest BCUT2D eigenvalue weighted by Crippen LogP contribution is -2.40. The molecule has 2 bridgehead atoms. The van der Waals surface area contributed by atoms with Crippen LogP contribution >= 0.6 is 0 Å². The molecule has 29 heavy (non-hydrogen) atoms. The van der Waals surface area contributed by atoms with Gasteiger partial charge in [-0.1, -0.05) is 91.5 Å². The van der Waals surface area contributed by atoms with Crippen molar-refractivity contribution in [3.05, 3.63) is 119 Å². The molecule has 3 aromatic rings. The zero-order valence-corrected chi connectivity index (χ0v) is 16.3. The second-order valence-corrected chi connectivity index (χ2v) is 7.51. The number of ether oxygens (including phenoxy) is 2. The maximum atomic E-state index is 13.2. The number of hydrogen-bond acceptors (Lipinski definition) is 3. The molecule has 3 nitrogen and oxygen atoms in total. The van der Waals surface area contributed by atoms with Crippen molar-refractivity contribution in [2.75, 3.05) is 6.61 Å². The standard InChI is InChI=1S/C26H22O3/c1-3-28-24(27)23-18(2)25(19-12-6-4-7-13-19)21-16-10-11-17-22(21)26(23,29-25)20-14-8-5-9-15-20/h4-17,23H,2-3H2,1H3/t23-,25-,26+/m0/s1. The predicted molar refractivity (Wildman–Crippen MR) is 111 cm³/mol. The van der Waals surface area contributed by atoms with E-state index in [9.17, 15) is 4.79 Å². The van der Waals surface area contributed by atoms with E-state index in [1.165, 1.54) is 0 Å². The van der Waals surface area contributed by atoms with E-state index in [1.54, 1.807) is 0 Å². The van der Waals surface area contributed by atoms with E-state index in [0.717, 1.165) is 27.8 Å². The highest BCUT2D eigenvalue weighted by molar-refractivity contribution is 5.84. The van der Waals surface area contributed by atoms with Gasteiger partial charge >= 0.3 is 5.97 Å². The highest BCUT2D eigenvalue weighted by atomic mass is 16.6. The number of carbonyl (C=O) groups is 1. The Bertz CT molecular complexity index is 1090. The highest BCUT2D eigenvalue weighted by Gasteiger charge is 2.70. The summed E-state index contributed by atoms with van der Waals surface area (Å²) >= 11 is 0. The van der Waals surface area contributed by atoms with E-state index >= 15 is 0 Å². The smallest absolute Gasteiger partial charge is 0.316 e. The average molecular weight is 382 g/mol. The molecule has 3 heteroatoms. The molecule has 2 aliphatic rings. The number of rotatable bonds is 4. The Hall–Kier alpha value is -3.17. The maximum absolute atomic E-state index is 13.2. The molecule has 0 radical (unpaired) electrons. The van der Waals surface area contributed by atoms with Gasteiger partial charge in [-0.2, -0.15) is 0 Å². The Balaban J connectivity index is 1.85. The zero-order chi connectivity index (χ0) is 20.1. The van der Waals surface area contributed by atoms with Gasteiger partial charge in [0, 0.05) is 0 Å². The summed E-state index contributed by atoms with van der Waals surface area (Å²) in [7, 11) is 0. The maximum Gasteiger partial charge on any atom is 0.316 e. The van der Waals surface area contributed by atoms with Crippen LogP contribution in [-0.4, -0.2) is 12.6 Å². The third-order valence-corrected chi connectivity index (χ3v) is 6.13. The Labute approximate surface area is 170 Å². The van der Waals surface area contributed by atoms with Gasteiger partial charge in [-0.05, 0) is 34.8 Å². The van der Waals surface area contributed by atoms with Gasteiger partial charge in [-0.15, -0.1) is 0 Å². The average Bonchev–Trinajstić information content (AvgIpc) is 3.24. The first kappa shape index (κ1) is 17.9. The van der Waals surface area contributed by atoms with Crippen LogP contribution in [0.3, 0.4) is 0 Å². The van der Waals surface area contributed by atoms with Crippen molar-refractivity contribution in [1.82, 2.24) is 0 Å². The third-order valence-electron chi connectivity index (χ3n) is 6.13. The fraction of sp³-hybridized carbons (Fsp3) is 0.192. The quantitative estimate of drug-likeness (QED) is 0.473. The molecule has 0 N–H and O–H groups in total. The minimum Gasteiger partial charge on any atom is -0.465 e. The van der Waals surface area contributed by atoms with Crippen LogP contribution < -0.4 is 0 Å². The van der Waals surface area contributed by atoms with Crippen LogP contribution in [0, 0.1) is 5.92 Å². The van der Waals surface area contributed by atoms with Crippen molar-refractivity contribution < 1.29 is 14.3 Å². The molecule has 0 aliphatic carbocycles. The lowest BCUT2D eigenvalue weighted by Gasteiger charge is -2.35. The monoisotopic (exact) mass is 382 g/mol. The summed E-state index contributed by atoms with van der Waals surface area (Å²) in [6.45, 7) is 6.55. The van der Waals surface area contributed by atoms with Crippen molar-refractivity contribution in [2.24, 2.45) is 5.92 Å². The van der Waals surface area contributed by atoms with Crippen LogP contribution in [0.2, 0.25) is 0 Å². The van der Waals surface area contributed by atoms with Gasteiger partial charge < -0.3 is 9.47 Å². The molecule has 2 aliphatic heterocycles. The fourth-order valence-corrected chi connectivity index (χ4v) is 5.04. The van der Waals surface area contributed by atoms with E-state index in [-0.39, 0.29) is 5.97 Å². The van der Waals surface area contributed by atoms with Gasteiger partial charge in [0.2, 0.25) is 0 Å². The van der Waals surface area contributed by atoms with Crippen molar-refractivity contribution in [1.29, 1.82) is 0 Å². The summed E-state index contributed by atoms with van der Waals surface area (Å²) in [5.41, 5.74) is 2.83. The fourth-order valence-electron chi connectivity index (χ4n) is 5.04. The lowest BCUT2D eigenvalue weighted by atomic mass is 9.64. The molecule has 5 rings (SSSR count). The molecule has 3 atom stereocenters. The first-order valence-electron chi connectivity index (χ1n) is 9.93. The topological polar surface area (TPSA) is 35.5 Å². The minimum atomic E-state index is -0.961. The number of hydrogen-bond donors (Lipinski definition) is 0. The van der Waals surface area contributed by atoms with E-state index in [0.29, 0.717) is 6.61 Å². The molecular formula is C26H22O3. The Morgan fingerprint density at radius 3 is 2.07 bits per heavy atom. The van der Waals surface area contributed by atoms with Gasteiger partial charge in [0.05, 0.1) is 6.61 Å². The Morgan fingerprint density at radius 1 is 0.897 bits per heavy atom. The zero-order valence-electron chi connectivity index (χ0n) is 16.3. The SMILES string of the molecule is C=C1[C@@H](C(=O)OCC)[C@]2(c3ccccc3)O[C@@]1(c1ccccc1)c1ccccc12. The van der Waals surface area contributed by atoms with Gasteiger partial charge in [-0.3, -0.25) is 4.79 Å². The molecule has 0 spiro atoms. The predicted octanol–water partition coefficient (Wildman–Crippen LogP) is 4.95. The largest absolute Gasteiger partial charge is 0.465 e. The van der Waals surface area contributed by atoms with Crippen molar-refractivity contribution in [2.45, 2.75) is 18.1 Å². The van der Waals surface area contributed by atoms with Crippen LogP contribution in [-0.2, 0) is 25.5 Å². The third kappa shape index (κ3) is 2.19. The summed E-state index contributed by atoms with van der Waals surface area (Å²) < 4.78 is 12.5. The summed E-state index contributed by atoms with van der Waals surface area (Å²) in [6, 6.07) is 28.1. The molecule has 1 saturated heterocycles. The van der Waals surface area contributed by atoms with Crippen LogP contribution in [0.1, 0.15) is 29.2 Å². The normalized spacial score (nSPS) is 26.9. The molecule has 0 aromatic heterocycles. The van der Waals surface area contributed by atoms with E-state index in [4.69, 9.17) is 9.47 Å². The van der Waals surface area contributed by atoms with E-state index in [2.05, 4.69) is 18.7 Å². The molecule has 2 heterocycles. The number of carbonyl (C=O) groups excluding carboxylic acids is 1. The number of fused-ring (bicyclic) bond motifs is 5. The van der Waals surface area contributed by atoms with Crippen LogP contribution in [0.5, 0.6) is 0 Å². The van der Waals surface area contributed by atoms with Crippen molar-refractivity contribution >= 4 is 5.97 Å². The Morgan fingerprint density at radius 2 is 1.45 bits per heavy atom. The van der Waals surface area contributed by atoms with Gasteiger partial charge in [0.1, 0.15) is 17.1 Å². The second-order valence-electron chi connectivity index (χ2n) is 7.51. The van der Waals surface area contributed by atoms with Crippen LogP contribution in [0.15, 0.2) is 97.1 Å². The molecular weight excluding hydrogens is 360 g/mol. The van der Waals surface area contributed by atoms with Gasteiger partial charge in [0.25, 0.3) is 0 Å². The molecule has 3 aromatic carbocycles. The molecule has 0 saturated carbocycles. The Kier molecular flexibility index (Phi) is 3.97. The van der Waals surface area contributed by atoms with Crippen molar-refractivity contribution in [3.8, 4) is 0 Å². The summed E-state index contributed by atoms with van der Waals surface area (Å²) in [6.07, 6.45) is 0. The summed E-state index contributed by atoms with van der Waals surface area (Å²) in [5.74, 6) is -0.923. The first-order valence-corrected chi connectivity index (χ1v) is 9.93. The second kappa shape index (κ2) is 6.43. The van der Waals surface area contributed by atoms with Crippen molar-refractivity contribution in [3.63, 3.8) is 0 Å². The molecule has 0 amide bonds. The van der Waals surface area contributed by atoms with Gasteiger partial charge in [0.15, 0.2) is 0 Å². The molecule has 144 valence electrons. The van der Waals surface area contributed by atoms with Crippen LogP contribution in [0.25, 0.3) is 0 Å². The summed E-state index contributed by atoms with van der Waals surface area (Å²) in [5, 5.41) is 0. The molecule has 0 unspecified atom stereocenters. The summed E-state index contributed by atoms with van der Waals surface area (Å²) in [4.78, 5) is 13.2. The van der Waals surface area contributed by atoms with E-state index < -0.39 is 17.1 Å². The van der Waals surface area contributed by atoms with Crippen LogP contribution in [0.4, 0.5) is 0 Å².